The van der Waals surface area contributed by atoms with Gasteiger partial charge in [0.05, 0.1) is 11.1 Å². The Morgan fingerprint density at radius 2 is 1.78 bits per heavy atom. The summed E-state index contributed by atoms with van der Waals surface area (Å²) >= 11 is 2.12. The van der Waals surface area contributed by atoms with Crippen LogP contribution < -0.4 is 0 Å². The summed E-state index contributed by atoms with van der Waals surface area (Å²) < 4.78 is 15.4. The van der Waals surface area contributed by atoms with Gasteiger partial charge in [0.25, 0.3) is 0 Å². The first-order valence-corrected chi connectivity index (χ1v) is 7.82. The van der Waals surface area contributed by atoms with Crippen molar-refractivity contribution in [2.45, 2.75) is 6.92 Å². The fraction of sp³-hybridized carbons (Fsp3) is 0.0588. The van der Waals surface area contributed by atoms with Crippen LogP contribution >= 0.6 is 22.6 Å². The Labute approximate surface area is 144 Å². The lowest BCUT2D eigenvalue weighted by Gasteiger charge is -2.02. The van der Waals surface area contributed by atoms with Crippen molar-refractivity contribution in [2.24, 2.45) is 0 Å². The molecule has 4 nitrogen and oxygen atoms in total. The summed E-state index contributed by atoms with van der Waals surface area (Å²) in [6, 6.07) is 10.5. The number of aromatic nitrogens is 1. The second kappa shape index (κ2) is 5.77. The van der Waals surface area contributed by atoms with Gasteiger partial charge < -0.3 is 5.11 Å². The maximum Gasteiger partial charge on any atom is 0.230 e. The molecule has 0 saturated heterocycles. The standard InChI is InChI=1S/C17H11FINO3/c1-9(21)20-14-8-11(18)4-7-13(14)15(17(20)23)16(22)10-2-5-12(19)6-3-10/h2-8,23H,1H3. The number of ketones is 1. The van der Waals surface area contributed by atoms with Gasteiger partial charge in [0, 0.05) is 21.4 Å². The van der Waals surface area contributed by atoms with Crippen LogP contribution in [-0.2, 0) is 0 Å². The molecule has 2 aromatic carbocycles. The molecule has 1 heterocycles. The average molecular weight is 423 g/mol. The second-order valence-electron chi connectivity index (χ2n) is 5.05. The van der Waals surface area contributed by atoms with E-state index in [4.69, 9.17) is 0 Å². The number of fused-ring (bicyclic) bond motifs is 1. The van der Waals surface area contributed by atoms with Gasteiger partial charge in [-0.25, -0.2) is 8.96 Å². The highest BCUT2D eigenvalue weighted by Crippen LogP contribution is 2.33. The minimum Gasteiger partial charge on any atom is -0.494 e. The van der Waals surface area contributed by atoms with E-state index in [2.05, 4.69) is 22.6 Å². The van der Waals surface area contributed by atoms with Crippen molar-refractivity contribution in [3.8, 4) is 5.88 Å². The van der Waals surface area contributed by atoms with Crippen molar-refractivity contribution in [3.05, 3.63) is 63.0 Å². The van der Waals surface area contributed by atoms with Gasteiger partial charge in [-0.2, -0.15) is 0 Å². The van der Waals surface area contributed by atoms with Crippen LogP contribution in [0.4, 0.5) is 4.39 Å². The first-order valence-electron chi connectivity index (χ1n) is 6.74. The predicted molar refractivity (Wildman–Crippen MR) is 92.5 cm³/mol. The molecule has 23 heavy (non-hydrogen) atoms. The highest BCUT2D eigenvalue weighted by molar-refractivity contribution is 14.1. The first kappa shape index (κ1) is 15.7. The molecular weight excluding hydrogens is 412 g/mol. The molecule has 1 N–H and O–H groups in total. The summed E-state index contributed by atoms with van der Waals surface area (Å²) in [5.41, 5.74) is 0.549. The Kier molecular flexibility index (Phi) is 3.93. The molecule has 0 aliphatic rings. The quantitative estimate of drug-likeness (QED) is 0.501. The van der Waals surface area contributed by atoms with Crippen LogP contribution in [0, 0.1) is 9.39 Å². The molecule has 0 amide bonds. The van der Waals surface area contributed by atoms with Crippen LogP contribution in [0.5, 0.6) is 5.88 Å². The lowest BCUT2D eigenvalue weighted by molar-refractivity contribution is 0.0933. The molecule has 116 valence electrons. The molecule has 3 rings (SSSR count). The Morgan fingerprint density at radius 1 is 1.13 bits per heavy atom. The molecule has 0 aliphatic carbocycles. The normalized spacial score (nSPS) is 10.9. The summed E-state index contributed by atoms with van der Waals surface area (Å²) in [7, 11) is 0. The van der Waals surface area contributed by atoms with Gasteiger partial charge in [-0.3, -0.25) is 9.59 Å². The smallest absolute Gasteiger partial charge is 0.230 e. The third-order valence-corrected chi connectivity index (χ3v) is 4.27. The van der Waals surface area contributed by atoms with Crippen molar-refractivity contribution in [2.75, 3.05) is 0 Å². The van der Waals surface area contributed by atoms with Crippen LogP contribution in [0.1, 0.15) is 27.6 Å². The zero-order valence-corrected chi connectivity index (χ0v) is 14.2. The molecule has 0 fully saturated rings. The van der Waals surface area contributed by atoms with Crippen LogP contribution in [-0.4, -0.2) is 21.4 Å². The van der Waals surface area contributed by atoms with Gasteiger partial charge in [0.1, 0.15) is 5.82 Å². The van der Waals surface area contributed by atoms with Crippen molar-refractivity contribution < 1.29 is 19.1 Å². The molecule has 0 aliphatic heterocycles. The maximum atomic E-state index is 13.5. The number of aromatic hydroxyl groups is 1. The van der Waals surface area contributed by atoms with E-state index in [0.717, 1.165) is 14.2 Å². The minimum atomic E-state index is -0.550. The summed E-state index contributed by atoms with van der Waals surface area (Å²) in [5, 5.41) is 10.7. The fourth-order valence-electron chi connectivity index (χ4n) is 2.54. The molecule has 0 radical (unpaired) electrons. The Balaban J connectivity index is 2.29. The van der Waals surface area contributed by atoms with Gasteiger partial charge >= 0.3 is 0 Å². The summed E-state index contributed by atoms with van der Waals surface area (Å²) in [6.45, 7) is 1.24. The van der Waals surface area contributed by atoms with Gasteiger partial charge in [-0.1, -0.05) is 0 Å². The predicted octanol–water partition coefficient (Wildman–Crippen LogP) is 3.98. The molecular formula is C17H11FINO3. The Bertz CT molecular complexity index is 945. The molecule has 0 spiro atoms. The Hall–Kier alpha value is -2.22. The Morgan fingerprint density at radius 3 is 2.39 bits per heavy atom. The van der Waals surface area contributed by atoms with Crippen molar-refractivity contribution >= 4 is 45.2 Å². The highest BCUT2D eigenvalue weighted by atomic mass is 127. The molecule has 6 heteroatoms. The molecule has 1 aromatic heterocycles. The van der Waals surface area contributed by atoms with Crippen LogP contribution in [0.15, 0.2) is 42.5 Å². The highest BCUT2D eigenvalue weighted by Gasteiger charge is 2.25. The van der Waals surface area contributed by atoms with E-state index >= 15 is 0 Å². The number of benzene rings is 2. The van der Waals surface area contributed by atoms with Gasteiger partial charge in [-0.05, 0) is 65.1 Å². The van der Waals surface area contributed by atoms with Crippen LogP contribution in [0.25, 0.3) is 10.9 Å². The van der Waals surface area contributed by atoms with Crippen molar-refractivity contribution in [1.82, 2.24) is 4.57 Å². The van der Waals surface area contributed by atoms with E-state index in [1.54, 1.807) is 24.3 Å². The van der Waals surface area contributed by atoms with E-state index in [-0.39, 0.29) is 11.1 Å². The molecule has 0 unspecified atom stereocenters. The van der Waals surface area contributed by atoms with E-state index in [9.17, 15) is 19.1 Å². The fourth-order valence-corrected chi connectivity index (χ4v) is 2.90. The van der Waals surface area contributed by atoms with E-state index < -0.39 is 23.4 Å². The number of carbonyl (C=O) groups is 2. The summed E-state index contributed by atoms with van der Waals surface area (Å²) in [5.74, 6) is -1.94. The zero-order valence-electron chi connectivity index (χ0n) is 12.0. The molecule has 0 atom stereocenters. The first-order chi connectivity index (χ1) is 10.9. The number of nitrogens with zero attached hydrogens (tertiary/aromatic N) is 1. The maximum absolute atomic E-state index is 13.5. The van der Waals surface area contributed by atoms with Gasteiger partial charge in [-0.15, -0.1) is 0 Å². The van der Waals surface area contributed by atoms with Gasteiger partial charge in [0.15, 0.2) is 5.78 Å². The van der Waals surface area contributed by atoms with E-state index in [1.165, 1.54) is 19.1 Å². The topological polar surface area (TPSA) is 59.3 Å². The third-order valence-electron chi connectivity index (χ3n) is 3.55. The molecule has 0 saturated carbocycles. The molecule has 3 aromatic rings. The third kappa shape index (κ3) is 2.63. The van der Waals surface area contributed by atoms with Crippen molar-refractivity contribution in [3.63, 3.8) is 0 Å². The van der Waals surface area contributed by atoms with Crippen molar-refractivity contribution in [1.29, 1.82) is 0 Å². The lowest BCUT2D eigenvalue weighted by atomic mass is 10.0. The second-order valence-corrected chi connectivity index (χ2v) is 6.30. The van der Waals surface area contributed by atoms with Crippen LogP contribution in [0.3, 0.4) is 0 Å². The minimum absolute atomic E-state index is 0.00333. The SMILES string of the molecule is CC(=O)n1c(O)c(C(=O)c2ccc(I)cc2)c2ccc(F)cc21. The number of rotatable bonds is 2. The average Bonchev–Trinajstić information content (AvgIpc) is 2.78. The zero-order chi connectivity index (χ0) is 16.7. The summed E-state index contributed by atoms with van der Waals surface area (Å²) in [6.07, 6.45) is 0. The van der Waals surface area contributed by atoms with Gasteiger partial charge in [0.2, 0.25) is 11.8 Å². The number of carbonyl (C=O) groups excluding carboxylic acids is 2. The van der Waals surface area contributed by atoms with Crippen LogP contribution in [0.2, 0.25) is 0 Å². The summed E-state index contributed by atoms with van der Waals surface area (Å²) in [4.78, 5) is 24.5. The van der Waals surface area contributed by atoms with E-state index in [1.807, 2.05) is 0 Å². The lowest BCUT2D eigenvalue weighted by Crippen LogP contribution is -2.06. The molecule has 0 bridgehead atoms. The number of hydrogen-bond acceptors (Lipinski definition) is 3. The largest absolute Gasteiger partial charge is 0.494 e. The number of halogens is 2. The van der Waals surface area contributed by atoms with E-state index in [0.29, 0.717) is 10.9 Å². The number of hydrogen-bond donors (Lipinski definition) is 1. The monoisotopic (exact) mass is 423 g/mol.